The molecule has 1 amide bonds. The zero-order valence-electron chi connectivity index (χ0n) is 15.6. The monoisotopic (exact) mass is 445 g/mol. The molecule has 0 fully saturated rings. The predicted octanol–water partition coefficient (Wildman–Crippen LogP) is 4.93. The van der Waals surface area contributed by atoms with Gasteiger partial charge in [-0.25, -0.2) is 0 Å². The van der Waals surface area contributed by atoms with Crippen molar-refractivity contribution in [3.8, 4) is 16.3 Å². The SMILES string of the molecule is Cc1ccc(C)c(OCC(=O)N(C)c2nnc(-c3ccc(Br)cc3)s2)c1C. The first-order chi connectivity index (χ1) is 12.9. The fraction of sp³-hybridized carbons (Fsp3) is 0.250. The molecule has 1 heterocycles. The number of carbonyl (C=O) groups is 1. The Morgan fingerprint density at radius 2 is 1.74 bits per heavy atom. The number of nitrogens with zero attached hydrogens (tertiary/aromatic N) is 3. The van der Waals surface area contributed by atoms with Gasteiger partial charge in [0.25, 0.3) is 5.91 Å². The minimum atomic E-state index is -0.172. The molecule has 0 atom stereocenters. The average molecular weight is 446 g/mol. The van der Waals surface area contributed by atoms with Crippen molar-refractivity contribution in [1.29, 1.82) is 0 Å². The summed E-state index contributed by atoms with van der Waals surface area (Å²) in [5, 5.41) is 9.65. The zero-order valence-corrected chi connectivity index (χ0v) is 18.0. The van der Waals surface area contributed by atoms with Crippen LogP contribution in [0.15, 0.2) is 40.9 Å². The van der Waals surface area contributed by atoms with E-state index in [0.29, 0.717) is 5.13 Å². The van der Waals surface area contributed by atoms with Gasteiger partial charge in [-0.3, -0.25) is 9.69 Å². The van der Waals surface area contributed by atoms with E-state index in [-0.39, 0.29) is 12.5 Å². The van der Waals surface area contributed by atoms with Crippen molar-refractivity contribution in [1.82, 2.24) is 10.2 Å². The second-order valence-corrected chi connectivity index (χ2v) is 8.16. The number of likely N-dealkylation sites (N-methyl/N-ethyl adjacent to an activating group) is 1. The van der Waals surface area contributed by atoms with Crippen LogP contribution in [0.2, 0.25) is 0 Å². The molecule has 0 aliphatic heterocycles. The van der Waals surface area contributed by atoms with Crippen LogP contribution in [0.1, 0.15) is 16.7 Å². The summed E-state index contributed by atoms with van der Waals surface area (Å²) in [4.78, 5) is 14.0. The number of anilines is 1. The normalized spacial score (nSPS) is 10.7. The van der Waals surface area contributed by atoms with Gasteiger partial charge in [0.1, 0.15) is 10.8 Å². The highest BCUT2D eigenvalue weighted by molar-refractivity contribution is 9.10. The van der Waals surface area contributed by atoms with Crippen LogP contribution in [-0.2, 0) is 4.79 Å². The second kappa shape index (κ2) is 8.19. The summed E-state index contributed by atoms with van der Waals surface area (Å²) in [6.45, 7) is 5.96. The summed E-state index contributed by atoms with van der Waals surface area (Å²) >= 11 is 4.79. The van der Waals surface area contributed by atoms with Gasteiger partial charge in [-0.2, -0.15) is 0 Å². The number of benzene rings is 2. The van der Waals surface area contributed by atoms with E-state index in [9.17, 15) is 4.79 Å². The Bertz CT molecular complexity index is 970. The van der Waals surface area contributed by atoms with Crippen molar-refractivity contribution in [3.05, 3.63) is 57.6 Å². The number of aromatic nitrogens is 2. The molecule has 0 spiro atoms. The Morgan fingerprint density at radius 1 is 1.07 bits per heavy atom. The number of aryl methyl sites for hydroxylation is 2. The van der Waals surface area contributed by atoms with Gasteiger partial charge in [0.05, 0.1) is 0 Å². The minimum Gasteiger partial charge on any atom is -0.483 e. The Hall–Kier alpha value is -2.25. The second-order valence-electron chi connectivity index (χ2n) is 6.29. The van der Waals surface area contributed by atoms with Gasteiger partial charge < -0.3 is 4.74 Å². The number of carbonyl (C=O) groups excluding carboxylic acids is 1. The fourth-order valence-electron chi connectivity index (χ4n) is 2.55. The van der Waals surface area contributed by atoms with Crippen LogP contribution >= 0.6 is 27.3 Å². The van der Waals surface area contributed by atoms with Crippen molar-refractivity contribution in [2.45, 2.75) is 20.8 Å². The molecular formula is C20H20BrN3O2S. The number of amides is 1. The fourth-order valence-corrected chi connectivity index (χ4v) is 3.64. The minimum absolute atomic E-state index is 0.0468. The molecule has 0 bridgehead atoms. The van der Waals surface area contributed by atoms with E-state index in [2.05, 4.69) is 32.2 Å². The summed E-state index contributed by atoms with van der Waals surface area (Å²) in [5.41, 5.74) is 4.17. The van der Waals surface area contributed by atoms with Crippen LogP contribution in [0.25, 0.3) is 10.6 Å². The lowest BCUT2D eigenvalue weighted by Crippen LogP contribution is -2.31. The van der Waals surface area contributed by atoms with Crippen molar-refractivity contribution < 1.29 is 9.53 Å². The van der Waals surface area contributed by atoms with Gasteiger partial charge >= 0.3 is 0 Å². The van der Waals surface area contributed by atoms with Gasteiger partial charge in [-0.05, 0) is 49.6 Å². The third kappa shape index (κ3) is 4.36. The number of rotatable bonds is 5. The zero-order chi connectivity index (χ0) is 19.6. The molecule has 0 saturated heterocycles. The largest absolute Gasteiger partial charge is 0.483 e. The van der Waals surface area contributed by atoms with Crippen molar-refractivity contribution in [2.75, 3.05) is 18.6 Å². The van der Waals surface area contributed by atoms with Gasteiger partial charge in [0, 0.05) is 17.1 Å². The molecule has 0 aliphatic rings. The lowest BCUT2D eigenvalue weighted by Gasteiger charge is -2.16. The average Bonchev–Trinajstić information content (AvgIpc) is 3.14. The Balaban J connectivity index is 1.69. The molecule has 2 aromatic carbocycles. The highest BCUT2D eigenvalue weighted by Crippen LogP contribution is 2.29. The van der Waals surface area contributed by atoms with E-state index in [4.69, 9.17) is 4.74 Å². The molecule has 0 radical (unpaired) electrons. The van der Waals surface area contributed by atoms with Gasteiger partial charge in [-0.1, -0.05) is 51.5 Å². The predicted molar refractivity (Wildman–Crippen MR) is 113 cm³/mol. The van der Waals surface area contributed by atoms with Crippen LogP contribution in [0.3, 0.4) is 0 Å². The Morgan fingerprint density at radius 3 is 2.44 bits per heavy atom. The molecule has 27 heavy (non-hydrogen) atoms. The molecule has 140 valence electrons. The first-order valence-electron chi connectivity index (χ1n) is 8.42. The lowest BCUT2D eigenvalue weighted by molar-refractivity contribution is -0.120. The van der Waals surface area contributed by atoms with Crippen LogP contribution in [0.4, 0.5) is 5.13 Å². The topological polar surface area (TPSA) is 55.3 Å². The van der Waals surface area contributed by atoms with Crippen LogP contribution < -0.4 is 9.64 Å². The van der Waals surface area contributed by atoms with Crippen LogP contribution in [0, 0.1) is 20.8 Å². The number of hydrogen-bond donors (Lipinski definition) is 0. The molecule has 0 N–H and O–H groups in total. The summed E-state index contributed by atoms with van der Waals surface area (Å²) in [7, 11) is 1.69. The van der Waals surface area contributed by atoms with E-state index < -0.39 is 0 Å². The molecule has 5 nitrogen and oxygen atoms in total. The molecule has 7 heteroatoms. The third-order valence-electron chi connectivity index (χ3n) is 4.38. The van der Waals surface area contributed by atoms with Gasteiger partial charge in [0.2, 0.25) is 5.13 Å². The Labute approximate surface area is 171 Å². The van der Waals surface area contributed by atoms with Crippen molar-refractivity contribution >= 4 is 38.3 Å². The summed E-state index contributed by atoms with van der Waals surface area (Å²) in [6, 6.07) is 11.9. The smallest absolute Gasteiger partial charge is 0.266 e. The van der Waals surface area contributed by atoms with E-state index >= 15 is 0 Å². The molecule has 3 aromatic rings. The number of halogens is 1. The number of hydrogen-bond acceptors (Lipinski definition) is 5. The van der Waals surface area contributed by atoms with E-state index in [0.717, 1.165) is 37.5 Å². The molecule has 0 unspecified atom stereocenters. The summed E-state index contributed by atoms with van der Waals surface area (Å²) in [5.74, 6) is 0.596. The van der Waals surface area contributed by atoms with Crippen molar-refractivity contribution in [3.63, 3.8) is 0 Å². The van der Waals surface area contributed by atoms with Crippen LogP contribution in [0.5, 0.6) is 5.75 Å². The lowest BCUT2D eigenvalue weighted by atomic mass is 10.1. The third-order valence-corrected chi connectivity index (χ3v) is 5.96. The van der Waals surface area contributed by atoms with Crippen molar-refractivity contribution in [2.24, 2.45) is 0 Å². The highest BCUT2D eigenvalue weighted by atomic mass is 79.9. The Kier molecular flexibility index (Phi) is 5.92. The first kappa shape index (κ1) is 19.5. The van der Waals surface area contributed by atoms with E-state index in [1.54, 1.807) is 7.05 Å². The first-order valence-corrected chi connectivity index (χ1v) is 10.0. The number of ether oxygens (including phenoxy) is 1. The summed E-state index contributed by atoms with van der Waals surface area (Å²) in [6.07, 6.45) is 0. The quantitative estimate of drug-likeness (QED) is 0.558. The maximum Gasteiger partial charge on any atom is 0.266 e. The van der Waals surface area contributed by atoms with Gasteiger partial charge in [-0.15, -0.1) is 10.2 Å². The molecule has 0 saturated carbocycles. The highest BCUT2D eigenvalue weighted by Gasteiger charge is 2.18. The van der Waals surface area contributed by atoms with E-state index in [1.165, 1.54) is 16.2 Å². The molecule has 0 aliphatic carbocycles. The van der Waals surface area contributed by atoms with E-state index in [1.807, 2.05) is 51.1 Å². The summed E-state index contributed by atoms with van der Waals surface area (Å²) < 4.78 is 6.82. The molecule has 1 aromatic heterocycles. The van der Waals surface area contributed by atoms with Crippen LogP contribution in [-0.4, -0.2) is 29.8 Å². The molecular weight excluding hydrogens is 426 g/mol. The maximum atomic E-state index is 12.5. The van der Waals surface area contributed by atoms with Gasteiger partial charge in [0.15, 0.2) is 6.61 Å². The maximum absolute atomic E-state index is 12.5. The standard InChI is InChI=1S/C20H20BrN3O2S/c1-12-5-6-13(2)18(14(12)3)26-11-17(25)24(4)20-23-22-19(27-20)15-7-9-16(21)10-8-15/h5-10H,11H2,1-4H3. The molecule has 3 rings (SSSR count).